The number of nitrogens with one attached hydrogen (secondary N) is 1. The number of carbonyl (C=O) groups excluding carboxylic acids is 1. The van der Waals surface area contributed by atoms with Crippen LogP contribution in [0.4, 0.5) is 5.13 Å². The fourth-order valence-electron chi connectivity index (χ4n) is 2.62. The summed E-state index contributed by atoms with van der Waals surface area (Å²) in [6.07, 6.45) is 0.837. The lowest BCUT2D eigenvalue weighted by molar-refractivity contribution is 0.102. The van der Waals surface area contributed by atoms with Crippen molar-refractivity contribution in [2.75, 3.05) is 19.5 Å². The van der Waals surface area contributed by atoms with Crippen LogP contribution in [-0.2, 0) is 6.42 Å². The minimum Gasteiger partial charge on any atom is -0.497 e. The molecule has 3 rings (SSSR count). The molecule has 3 aromatic rings. The third-order valence-electron chi connectivity index (χ3n) is 3.95. The number of amides is 1. The lowest BCUT2D eigenvalue weighted by Gasteiger charge is -2.07. The Bertz CT molecular complexity index is 904. The molecule has 1 heterocycles. The zero-order chi connectivity index (χ0) is 18.5. The van der Waals surface area contributed by atoms with E-state index < -0.39 is 0 Å². The van der Waals surface area contributed by atoms with E-state index in [-0.39, 0.29) is 5.91 Å². The number of nitrogens with zero attached hydrogens (tertiary/aromatic N) is 1. The molecule has 6 heteroatoms. The number of anilines is 1. The van der Waals surface area contributed by atoms with Crippen molar-refractivity contribution in [1.82, 2.24) is 4.98 Å². The number of rotatable bonds is 6. The van der Waals surface area contributed by atoms with Crippen LogP contribution < -0.4 is 14.8 Å². The van der Waals surface area contributed by atoms with Crippen molar-refractivity contribution in [3.05, 3.63) is 59.0 Å². The minimum absolute atomic E-state index is 0.236. The molecule has 0 aliphatic rings. The highest BCUT2D eigenvalue weighted by Gasteiger charge is 2.16. The Morgan fingerprint density at radius 1 is 1.08 bits per heavy atom. The van der Waals surface area contributed by atoms with Crippen LogP contribution >= 0.6 is 11.3 Å². The molecule has 26 heavy (non-hydrogen) atoms. The average Bonchev–Trinajstić information content (AvgIpc) is 3.10. The summed E-state index contributed by atoms with van der Waals surface area (Å²) in [5.74, 6) is 1.10. The second-order valence-electron chi connectivity index (χ2n) is 5.53. The van der Waals surface area contributed by atoms with E-state index in [4.69, 9.17) is 9.47 Å². The van der Waals surface area contributed by atoms with Gasteiger partial charge in [0.2, 0.25) is 0 Å². The first-order valence-electron chi connectivity index (χ1n) is 8.24. The molecule has 1 aromatic heterocycles. The number of thiazole rings is 1. The second kappa shape index (κ2) is 8.01. The Hall–Kier alpha value is -2.86. The van der Waals surface area contributed by atoms with Gasteiger partial charge in [0.05, 0.1) is 25.5 Å². The van der Waals surface area contributed by atoms with Crippen molar-refractivity contribution in [1.29, 1.82) is 0 Å². The molecule has 0 atom stereocenters. The highest BCUT2D eigenvalue weighted by atomic mass is 32.1. The highest BCUT2D eigenvalue weighted by Crippen LogP contribution is 2.33. The molecule has 0 spiro atoms. The number of hydrogen-bond acceptors (Lipinski definition) is 5. The summed E-state index contributed by atoms with van der Waals surface area (Å²) in [6.45, 7) is 2.08. The van der Waals surface area contributed by atoms with Crippen LogP contribution in [-0.4, -0.2) is 25.1 Å². The molecule has 0 saturated heterocycles. The molecule has 2 aromatic carbocycles. The van der Waals surface area contributed by atoms with Crippen molar-refractivity contribution < 1.29 is 14.3 Å². The van der Waals surface area contributed by atoms with Gasteiger partial charge in [-0.3, -0.25) is 10.1 Å². The summed E-state index contributed by atoms with van der Waals surface area (Å²) >= 11 is 1.49. The SMILES string of the molecule is CCc1sc(NC(=O)c2ccccc2OC)nc1-c1ccc(OC)cc1. The summed E-state index contributed by atoms with van der Waals surface area (Å²) < 4.78 is 10.5. The van der Waals surface area contributed by atoms with Gasteiger partial charge in [0.1, 0.15) is 11.5 Å². The molecule has 134 valence electrons. The van der Waals surface area contributed by atoms with Crippen molar-refractivity contribution in [2.24, 2.45) is 0 Å². The molecular weight excluding hydrogens is 348 g/mol. The normalized spacial score (nSPS) is 10.4. The number of para-hydroxylation sites is 1. The fraction of sp³-hybridized carbons (Fsp3) is 0.200. The van der Waals surface area contributed by atoms with E-state index in [0.29, 0.717) is 16.4 Å². The van der Waals surface area contributed by atoms with Gasteiger partial charge in [0.25, 0.3) is 5.91 Å². The van der Waals surface area contributed by atoms with Crippen LogP contribution in [0, 0.1) is 0 Å². The number of ether oxygens (including phenoxy) is 2. The van der Waals surface area contributed by atoms with E-state index in [2.05, 4.69) is 17.2 Å². The summed E-state index contributed by atoms with van der Waals surface area (Å²) in [4.78, 5) is 18.3. The van der Waals surface area contributed by atoms with E-state index in [9.17, 15) is 4.79 Å². The molecule has 0 aliphatic heterocycles. The molecule has 0 bridgehead atoms. The maximum atomic E-state index is 12.6. The summed E-state index contributed by atoms with van der Waals surface area (Å²) in [6, 6.07) is 14.9. The number of methoxy groups -OCH3 is 2. The maximum Gasteiger partial charge on any atom is 0.261 e. The molecule has 1 amide bonds. The van der Waals surface area contributed by atoms with Gasteiger partial charge in [-0.25, -0.2) is 4.98 Å². The lowest BCUT2D eigenvalue weighted by atomic mass is 10.1. The third-order valence-corrected chi connectivity index (χ3v) is 5.07. The van der Waals surface area contributed by atoms with Crippen LogP contribution in [0.2, 0.25) is 0 Å². The molecule has 0 unspecified atom stereocenters. The van der Waals surface area contributed by atoms with Crippen LogP contribution in [0.3, 0.4) is 0 Å². The lowest BCUT2D eigenvalue weighted by Crippen LogP contribution is -2.12. The first kappa shape index (κ1) is 17.9. The Morgan fingerprint density at radius 3 is 2.46 bits per heavy atom. The quantitative estimate of drug-likeness (QED) is 0.688. The van der Waals surface area contributed by atoms with Crippen molar-refractivity contribution in [3.63, 3.8) is 0 Å². The van der Waals surface area contributed by atoms with E-state index in [1.165, 1.54) is 11.3 Å². The van der Waals surface area contributed by atoms with E-state index in [0.717, 1.165) is 28.3 Å². The largest absolute Gasteiger partial charge is 0.497 e. The molecule has 0 saturated carbocycles. The van der Waals surface area contributed by atoms with Gasteiger partial charge in [0.15, 0.2) is 5.13 Å². The molecular formula is C20H20N2O3S. The number of aryl methyl sites for hydroxylation is 1. The van der Waals surface area contributed by atoms with E-state index >= 15 is 0 Å². The fourth-order valence-corrected chi connectivity index (χ4v) is 3.53. The molecule has 0 radical (unpaired) electrons. The van der Waals surface area contributed by atoms with Gasteiger partial charge in [-0.1, -0.05) is 19.1 Å². The van der Waals surface area contributed by atoms with Gasteiger partial charge in [-0.05, 0) is 42.8 Å². The Labute approximate surface area is 156 Å². The Morgan fingerprint density at radius 2 is 1.81 bits per heavy atom. The molecule has 1 N–H and O–H groups in total. The highest BCUT2D eigenvalue weighted by molar-refractivity contribution is 7.16. The maximum absolute atomic E-state index is 12.6. The van der Waals surface area contributed by atoms with Crippen molar-refractivity contribution in [3.8, 4) is 22.8 Å². The first-order chi connectivity index (χ1) is 12.7. The van der Waals surface area contributed by atoms with E-state index in [1.807, 2.05) is 30.3 Å². The van der Waals surface area contributed by atoms with Crippen LogP contribution in [0.15, 0.2) is 48.5 Å². The van der Waals surface area contributed by atoms with Crippen LogP contribution in [0.5, 0.6) is 11.5 Å². The van der Waals surface area contributed by atoms with Gasteiger partial charge in [-0.15, -0.1) is 11.3 Å². The van der Waals surface area contributed by atoms with Crippen molar-refractivity contribution in [2.45, 2.75) is 13.3 Å². The van der Waals surface area contributed by atoms with Crippen LogP contribution in [0.25, 0.3) is 11.3 Å². The first-order valence-corrected chi connectivity index (χ1v) is 9.06. The summed E-state index contributed by atoms with van der Waals surface area (Å²) in [5.41, 5.74) is 2.36. The molecule has 0 aliphatic carbocycles. The predicted octanol–water partition coefficient (Wildman–Crippen LogP) is 4.64. The molecule has 5 nitrogen and oxygen atoms in total. The second-order valence-corrected chi connectivity index (χ2v) is 6.61. The zero-order valence-corrected chi connectivity index (χ0v) is 15.7. The number of hydrogen-bond donors (Lipinski definition) is 1. The van der Waals surface area contributed by atoms with Crippen LogP contribution in [0.1, 0.15) is 22.2 Å². The standard InChI is InChI=1S/C20H20N2O3S/c1-4-17-18(13-9-11-14(24-2)12-10-13)21-20(26-17)22-19(23)15-7-5-6-8-16(15)25-3/h5-12H,4H2,1-3H3,(H,21,22,23). The van der Waals surface area contributed by atoms with E-state index in [1.54, 1.807) is 32.4 Å². The smallest absolute Gasteiger partial charge is 0.261 e. The average molecular weight is 368 g/mol. The topological polar surface area (TPSA) is 60.5 Å². The summed E-state index contributed by atoms with van der Waals surface area (Å²) in [5, 5.41) is 3.46. The minimum atomic E-state index is -0.236. The predicted molar refractivity (Wildman–Crippen MR) is 104 cm³/mol. The molecule has 0 fully saturated rings. The number of carbonyl (C=O) groups is 1. The number of benzene rings is 2. The number of aromatic nitrogens is 1. The third kappa shape index (κ3) is 3.70. The Balaban J connectivity index is 1.87. The Kier molecular flexibility index (Phi) is 5.53. The van der Waals surface area contributed by atoms with Gasteiger partial charge >= 0.3 is 0 Å². The van der Waals surface area contributed by atoms with Gasteiger partial charge in [-0.2, -0.15) is 0 Å². The summed E-state index contributed by atoms with van der Waals surface area (Å²) in [7, 11) is 3.19. The van der Waals surface area contributed by atoms with Crippen molar-refractivity contribution >= 4 is 22.4 Å². The van der Waals surface area contributed by atoms with Gasteiger partial charge < -0.3 is 9.47 Å². The zero-order valence-electron chi connectivity index (χ0n) is 14.9. The van der Waals surface area contributed by atoms with Gasteiger partial charge in [0, 0.05) is 10.4 Å². The monoisotopic (exact) mass is 368 g/mol.